The molecule has 0 bridgehead atoms. The van der Waals surface area contributed by atoms with Crippen molar-refractivity contribution in [1.29, 1.82) is 0 Å². The van der Waals surface area contributed by atoms with Crippen LogP contribution in [0.3, 0.4) is 0 Å². The van der Waals surface area contributed by atoms with E-state index in [-0.39, 0.29) is 24.0 Å². The quantitative estimate of drug-likeness (QED) is 0.742. The lowest BCUT2D eigenvalue weighted by Crippen LogP contribution is -2.41. The first-order valence-corrected chi connectivity index (χ1v) is 8.73. The summed E-state index contributed by atoms with van der Waals surface area (Å²) in [6.07, 6.45) is 4.28. The van der Waals surface area contributed by atoms with Crippen molar-refractivity contribution in [2.75, 3.05) is 6.54 Å². The second kappa shape index (κ2) is 7.67. The maximum Gasteiger partial charge on any atom is 0.332 e. The van der Waals surface area contributed by atoms with E-state index >= 15 is 0 Å². The summed E-state index contributed by atoms with van der Waals surface area (Å²) in [6, 6.07) is 0.140. The van der Waals surface area contributed by atoms with E-state index in [4.69, 9.17) is 0 Å². The van der Waals surface area contributed by atoms with E-state index in [1.165, 1.54) is 17.9 Å². The van der Waals surface area contributed by atoms with Crippen molar-refractivity contribution in [2.24, 2.45) is 14.1 Å². The van der Waals surface area contributed by atoms with Crippen molar-refractivity contribution in [2.45, 2.75) is 52.6 Å². The van der Waals surface area contributed by atoms with E-state index in [2.05, 4.69) is 18.8 Å². The second-order valence-electron chi connectivity index (χ2n) is 6.45. The van der Waals surface area contributed by atoms with Crippen LogP contribution in [0.2, 0.25) is 0 Å². The summed E-state index contributed by atoms with van der Waals surface area (Å²) in [5.74, 6) is -0.0435. The monoisotopic (exact) mass is 349 g/mol. The van der Waals surface area contributed by atoms with Crippen LogP contribution in [0.25, 0.3) is 11.2 Å². The average Bonchev–Trinajstić information content (AvgIpc) is 3.01. The van der Waals surface area contributed by atoms with E-state index in [9.17, 15) is 14.4 Å². The number of amides is 1. The minimum Gasteiger partial charge on any atom is -0.338 e. The van der Waals surface area contributed by atoms with Crippen molar-refractivity contribution in [3.63, 3.8) is 0 Å². The first kappa shape index (κ1) is 19.0. The van der Waals surface area contributed by atoms with Crippen LogP contribution in [0.5, 0.6) is 0 Å². The fraction of sp³-hybridized carbons (Fsp3) is 0.647. The molecule has 0 saturated heterocycles. The van der Waals surface area contributed by atoms with E-state index in [1.807, 2.05) is 11.8 Å². The summed E-state index contributed by atoms with van der Waals surface area (Å²) < 4.78 is 3.90. The Balaban J connectivity index is 2.41. The molecule has 25 heavy (non-hydrogen) atoms. The largest absolute Gasteiger partial charge is 0.338 e. The predicted octanol–water partition coefficient (Wildman–Crippen LogP) is 0.861. The van der Waals surface area contributed by atoms with Crippen LogP contribution in [0.4, 0.5) is 0 Å². The third-order valence-electron chi connectivity index (χ3n) is 4.72. The first-order valence-electron chi connectivity index (χ1n) is 8.73. The SMILES string of the molecule is CCCCN(C(=O)Cn1cnc2c1c(=O)n(C)c(=O)n2C)C(C)CC. The molecule has 2 aromatic heterocycles. The molecule has 0 aliphatic rings. The number of aromatic nitrogens is 4. The highest BCUT2D eigenvalue weighted by atomic mass is 16.2. The van der Waals surface area contributed by atoms with Crippen LogP contribution in [0.1, 0.15) is 40.0 Å². The summed E-state index contributed by atoms with van der Waals surface area (Å²) in [5, 5.41) is 0. The number of unbranched alkanes of at least 4 members (excludes halogenated alkanes) is 1. The van der Waals surface area contributed by atoms with Gasteiger partial charge in [0, 0.05) is 26.7 Å². The summed E-state index contributed by atoms with van der Waals surface area (Å²) >= 11 is 0. The number of nitrogens with zero attached hydrogens (tertiary/aromatic N) is 5. The van der Waals surface area contributed by atoms with Gasteiger partial charge in [0.1, 0.15) is 6.54 Å². The molecule has 8 heteroatoms. The molecule has 0 aliphatic carbocycles. The molecular weight excluding hydrogens is 322 g/mol. The number of hydrogen-bond donors (Lipinski definition) is 0. The van der Waals surface area contributed by atoms with Gasteiger partial charge in [0.2, 0.25) is 5.91 Å². The highest BCUT2D eigenvalue weighted by Crippen LogP contribution is 2.10. The Morgan fingerprint density at radius 2 is 1.92 bits per heavy atom. The molecule has 1 atom stereocenters. The molecule has 1 amide bonds. The topological polar surface area (TPSA) is 82.1 Å². The summed E-state index contributed by atoms with van der Waals surface area (Å²) in [6.45, 7) is 6.91. The maximum atomic E-state index is 12.8. The molecule has 2 rings (SSSR count). The standard InChI is InChI=1S/C17H27N5O3/c1-6-8-9-22(12(3)7-2)13(23)10-21-11-18-15-14(21)16(24)20(5)17(25)19(15)4/h11-12H,6-10H2,1-5H3. The van der Waals surface area contributed by atoms with E-state index in [0.717, 1.165) is 23.8 Å². The van der Waals surface area contributed by atoms with Crippen LogP contribution in [-0.2, 0) is 25.4 Å². The van der Waals surface area contributed by atoms with Gasteiger partial charge >= 0.3 is 5.69 Å². The van der Waals surface area contributed by atoms with Gasteiger partial charge in [-0.2, -0.15) is 0 Å². The minimum atomic E-state index is -0.438. The Bertz CT molecular complexity index is 877. The fourth-order valence-electron chi connectivity index (χ4n) is 2.89. The minimum absolute atomic E-state index is 0.0397. The third kappa shape index (κ3) is 3.52. The van der Waals surface area contributed by atoms with Gasteiger partial charge in [-0.15, -0.1) is 0 Å². The Labute approximate surface area is 146 Å². The number of aryl methyl sites for hydroxylation is 1. The fourth-order valence-corrected chi connectivity index (χ4v) is 2.89. The first-order chi connectivity index (χ1) is 11.8. The van der Waals surface area contributed by atoms with Crippen molar-refractivity contribution >= 4 is 17.1 Å². The normalized spacial score (nSPS) is 12.5. The van der Waals surface area contributed by atoms with Gasteiger partial charge in [0.25, 0.3) is 5.56 Å². The van der Waals surface area contributed by atoms with E-state index in [0.29, 0.717) is 12.2 Å². The van der Waals surface area contributed by atoms with Gasteiger partial charge in [-0.05, 0) is 19.8 Å². The van der Waals surface area contributed by atoms with Crippen LogP contribution in [0, 0.1) is 0 Å². The smallest absolute Gasteiger partial charge is 0.332 e. The van der Waals surface area contributed by atoms with Gasteiger partial charge in [0.05, 0.1) is 6.33 Å². The molecule has 0 saturated carbocycles. The maximum absolute atomic E-state index is 12.8. The van der Waals surface area contributed by atoms with Gasteiger partial charge < -0.3 is 9.47 Å². The van der Waals surface area contributed by atoms with Crippen LogP contribution in [0.15, 0.2) is 15.9 Å². The van der Waals surface area contributed by atoms with Crippen LogP contribution in [-0.4, -0.2) is 42.1 Å². The van der Waals surface area contributed by atoms with Crippen LogP contribution >= 0.6 is 0 Å². The lowest BCUT2D eigenvalue weighted by atomic mass is 10.2. The highest BCUT2D eigenvalue weighted by Gasteiger charge is 2.21. The third-order valence-corrected chi connectivity index (χ3v) is 4.72. The highest BCUT2D eigenvalue weighted by molar-refractivity contribution is 5.79. The lowest BCUT2D eigenvalue weighted by Gasteiger charge is -2.28. The molecule has 0 spiro atoms. The van der Waals surface area contributed by atoms with Crippen molar-refractivity contribution in [1.82, 2.24) is 23.6 Å². The molecule has 138 valence electrons. The number of hydrogen-bond acceptors (Lipinski definition) is 4. The molecular formula is C17H27N5O3. The van der Waals surface area contributed by atoms with Crippen LogP contribution < -0.4 is 11.2 Å². The number of imidazole rings is 1. The zero-order valence-electron chi connectivity index (χ0n) is 15.7. The Morgan fingerprint density at radius 1 is 1.24 bits per heavy atom. The molecule has 0 aliphatic heterocycles. The number of rotatable bonds is 7. The number of carbonyl (C=O) groups excluding carboxylic acids is 1. The Hall–Kier alpha value is -2.38. The molecule has 0 aromatic carbocycles. The number of fused-ring (bicyclic) bond motifs is 1. The van der Waals surface area contributed by atoms with E-state index in [1.54, 1.807) is 11.6 Å². The molecule has 2 aromatic rings. The molecule has 8 nitrogen and oxygen atoms in total. The number of carbonyl (C=O) groups is 1. The van der Waals surface area contributed by atoms with E-state index < -0.39 is 11.2 Å². The summed E-state index contributed by atoms with van der Waals surface area (Å²) in [4.78, 5) is 43.3. The van der Waals surface area contributed by atoms with Gasteiger partial charge in [-0.25, -0.2) is 9.78 Å². The zero-order valence-corrected chi connectivity index (χ0v) is 15.7. The summed E-state index contributed by atoms with van der Waals surface area (Å²) in [7, 11) is 2.99. The van der Waals surface area contributed by atoms with Gasteiger partial charge in [-0.1, -0.05) is 20.3 Å². The Kier molecular flexibility index (Phi) is 5.81. The van der Waals surface area contributed by atoms with Crippen molar-refractivity contribution in [3.8, 4) is 0 Å². The summed E-state index contributed by atoms with van der Waals surface area (Å²) in [5.41, 5.74) is -0.299. The molecule has 1 unspecified atom stereocenters. The second-order valence-corrected chi connectivity index (χ2v) is 6.45. The Morgan fingerprint density at radius 3 is 2.52 bits per heavy atom. The molecule has 2 heterocycles. The molecule has 0 radical (unpaired) electrons. The van der Waals surface area contributed by atoms with Gasteiger partial charge in [-0.3, -0.25) is 18.7 Å². The molecule has 0 fully saturated rings. The van der Waals surface area contributed by atoms with Crippen molar-refractivity contribution in [3.05, 3.63) is 27.2 Å². The van der Waals surface area contributed by atoms with Crippen molar-refractivity contribution < 1.29 is 4.79 Å². The predicted molar refractivity (Wildman–Crippen MR) is 96.6 cm³/mol. The average molecular weight is 349 g/mol. The van der Waals surface area contributed by atoms with Gasteiger partial charge in [0.15, 0.2) is 11.2 Å². The lowest BCUT2D eigenvalue weighted by molar-refractivity contribution is -0.134. The zero-order chi connectivity index (χ0) is 18.7. The molecule has 0 N–H and O–H groups in total.